The fourth-order valence-electron chi connectivity index (χ4n) is 3.91. The molecule has 5 atom stereocenters. The number of nitrogens with one attached hydrogen (secondary N) is 4. The number of rotatable bonds is 7. The molecule has 0 aromatic heterocycles. The van der Waals surface area contributed by atoms with Crippen molar-refractivity contribution in [3.63, 3.8) is 0 Å². The third-order valence-electron chi connectivity index (χ3n) is 5.69. The highest BCUT2D eigenvalue weighted by molar-refractivity contribution is 5.79. The Labute approximate surface area is 186 Å². The summed E-state index contributed by atoms with van der Waals surface area (Å²) in [5.74, 6) is -14.3. The zero-order valence-electron chi connectivity index (χ0n) is 17.6. The van der Waals surface area contributed by atoms with Crippen LogP contribution in [0.25, 0.3) is 0 Å². The van der Waals surface area contributed by atoms with Crippen LogP contribution in [0.5, 0.6) is 0 Å². The molecule has 0 aromatic carbocycles. The Morgan fingerprint density at radius 1 is 1.30 bits per heavy atom. The van der Waals surface area contributed by atoms with Crippen LogP contribution in [0, 0.1) is 17.2 Å². The van der Waals surface area contributed by atoms with Crippen LogP contribution in [-0.2, 0) is 9.78 Å². The second-order valence-electron chi connectivity index (χ2n) is 7.94. The predicted molar refractivity (Wildman–Crippen MR) is 102 cm³/mol. The lowest BCUT2D eigenvalue weighted by molar-refractivity contribution is -0.564. The summed E-state index contributed by atoms with van der Waals surface area (Å²) in [5, 5.41) is 90.8. The quantitative estimate of drug-likeness (QED) is 0.0715. The number of carbonyl (C=O) groups excluding carboxylic acids is 1. The number of aliphatic hydroxyl groups excluding tert-OH is 1. The number of likely N-dealkylation sites (N-methyl/N-ethyl adjacent to an activating group) is 1. The maximum absolute atomic E-state index is 12.0. The van der Waals surface area contributed by atoms with Crippen molar-refractivity contribution in [2.45, 2.75) is 48.9 Å². The van der Waals surface area contributed by atoms with Crippen molar-refractivity contribution in [3.8, 4) is 6.07 Å². The van der Waals surface area contributed by atoms with Crippen LogP contribution in [0.4, 0.5) is 4.79 Å². The minimum Gasteiger partial charge on any atom is -0.396 e. The van der Waals surface area contributed by atoms with Gasteiger partial charge in [-0.25, -0.2) is 10.1 Å². The lowest BCUT2D eigenvalue weighted by Crippen LogP contribution is -2.84. The summed E-state index contributed by atoms with van der Waals surface area (Å²) in [6.07, 6.45) is 1.82. The highest BCUT2D eigenvalue weighted by Crippen LogP contribution is 2.41. The Kier molecular flexibility index (Phi) is 6.33. The minimum atomic E-state index is -3.49. The molecule has 3 rings (SSSR count). The maximum Gasteiger partial charge on any atom is 0.322 e. The van der Waals surface area contributed by atoms with E-state index in [1.54, 1.807) is 17.6 Å². The molecule has 0 aromatic rings. The SMILES string of the molecule is CC1C(N(C)C2=C3C=CNC3NC(=O)N2)C(O)(O)NC(O)(OOC(O)(C#N)CCO)C1(O)O. The van der Waals surface area contributed by atoms with Crippen molar-refractivity contribution in [3.05, 3.63) is 23.7 Å². The number of piperidine rings is 1. The third kappa shape index (κ3) is 4.22. The van der Waals surface area contributed by atoms with Crippen LogP contribution in [0.3, 0.4) is 0 Å². The average molecular weight is 474 g/mol. The number of urea groups is 1. The predicted octanol–water partition coefficient (Wildman–Crippen LogP) is -5.00. The molecule has 0 radical (unpaired) electrons. The zero-order valence-corrected chi connectivity index (χ0v) is 17.6. The highest BCUT2D eigenvalue weighted by atomic mass is 17.3. The third-order valence-corrected chi connectivity index (χ3v) is 5.69. The molecule has 3 aliphatic rings. The normalized spacial score (nSPS) is 33.8. The second kappa shape index (κ2) is 8.34. The number of carbonyl (C=O) groups is 1. The van der Waals surface area contributed by atoms with Crippen LogP contribution in [-0.4, -0.2) is 95.9 Å². The number of nitrogens with zero attached hydrogens (tertiary/aromatic N) is 2. The Morgan fingerprint density at radius 3 is 2.58 bits per heavy atom. The smallest absolute Gasteiger partial charge is 0.322 e. The largest absolute Gasteiger partial charge is 0.396 e. The van der Waals surface area contributed by atoms with Gasteiger partial charge in [-0.1, -0.05) is 6.92 Å². The van der Waals surface area contributed by atoms with Crippen LogP contribution in [0.2, 0.25) is 0 Å². The van der Waals surface area contributed by atoms with Gasteiger partial charge in [-0.05, 0) is 12.3 Å². The van der Waals surface area contributed by atoms with Gasteiger partial charge in [0, 0.05) is 31.6 Å². The van der Waals surface area contributed by atoms with Crippen molar-refractivity contribution in [2.24, 2.45) is 5.92 Å². The molecule has 2 amide bonds. The Morgan fingerprint density at radius 2 is 1.97 bits per heavy atom. The molecule has 0 saturated carbocycles. The Hall–Kier alpha value is -2.56. The van der Waals surface area contributed by atoms with E-state index in [0.717, 1.165) is 11.8 Å². The first-order chi connectivity index (χ1) is 15.2. The van der Waals surface area contributed by atoms with Gasteiger partial charge in [0.2, 0.25) is 11.7 Å². The number of aliphatic hydroxyl groups is 7. The lowest BCUT2D eigenvalue weighted by Gasteiger charge is -2.56. The molecule has 33 heavy (non-hydrogen) atoms. The molecular weight excluding hydrogens is 448 g/mol. The van der Waals surface area contributed by atoms with E-state index in [-0.39, 0.29) is 5.82 Å². The molecule has 184 valence electrons. The van der Waals surface area contributed by atoms with Crippen LogP contribution in [0.15, 0.2) is 23.7 Å². The molecule has 16 nitrogen and oxygen atoms in total. The van der Waals surface area contributed by atoms with Crippen LogP contribution >= 0.6 is 0 Å². The standard InChI is InChI=1S/C17H26N6O10/c1-8-10(23(2)12-9-3-5-19-11(9)20-13(25)21-12)16(29,30)22-17(31,15(8,27)28)33-32-14(26,7-18)4-6-24/h3,5,8,10-11,19,22,24,26-31H,4,6H2,1-2H3,(H2,20,21,25). The van der Waals surface area contributed by atoms with E-state index >= 15 is 0 Å². The molecule has 0 spiro atoms. The van der Waals surface area contributed by atoms with E-state index in [1.165, 1.54) is 13.1 Å². The van der Waals surface area contributed by atoms with Gasteiger partial charge in [0.1, 0.15) is 24.1 Å². The van der Waals surface area contributed by atoms with Crippen molar-refractivity contribution >= 4 is 6.03 Å². The van der Waals surface area contributed by atoms with Gasteiger partial charge >= 0.3 is 11.9 Å². The highest BCUT2D eigenvalue weighted by Gasteiger charge is 2.69. The Balaban J connectivity index is 1.92. The number of amides is 2. The summed E-state index contributed by atoms with van der Waals surface area (Å²) in [6, 6.07) is -1.02. The average Bonchev–Trinajstić information content (AvgIpc) is 3.18. The fraction of sp³-hybridized carbons (Fsp3) is 0.647. The first-order valence-electron chi connectivity index (χ1n) is 9.71. The van der Waals surface area contributed by atoms with Gasteiger partial charge in [0.25, 0.3) is 5.79 Å². The van der Waals surface area contributed by atoms with Gasteiger partial charge in [0.15, 0.2) is 0 Å². The topological polar surface area (TPSA) is 252 Å². The van der Waals surface area contributed by atoms with Crippen molar-refractivity contribution < 1.29 is 50.3 Å². The maximum atomic E-state index is 12.0. The molecule has 3 heterocycles. The summed E-state index contributed by atoms with van der Waals surface area (Å²) < 4.78 is 0. The number of fused-ring (bicyclic) bond motifs is 1. The number of hydrogen-bond donors (Lipinski definition) is 11. The summed E-state index contributed by atoms with van der Waals surface area (Å²) in [5.41, 5.74) is 0.491. The van der Waals surface area contributed by atoms with E-state index in [9.17, 15) is 35.4 Å². The van der Waals surface area contributed by atoms with E-state index in [4.69, 9.17) is 10.4 Å². The van der Waals surface area contributed by atoms with E-state index in [0.29, 0.717) is 5.57 Å². The second-order valence-corrected chi connectivity index (χ2v) is 7.94. The molecule has 3 aliphatic heterocycles. The lowest BCUT2D eigenvalue weighted by atomic mass is 9.82. The zero-order chi connectivity index (χ0) is 24.8. The van der Waals surface area contributed by atoms with Crippen molar-refractivity contribution in [1.29, 1.82) is 5.26 Å². The molecule has 1 saturated heterocycles. The van der Waals surface area contributed by atoms with Gasteiger partial charge in [-0.2, -0.15) is 15.0 Å². The van der Waals surface area contributed by atoms with Gasteiger partial charge in [-0.3, -0.25) is 5.32 Å². The van der Waals surface area contributed by atoms with Crippen LogP contribution in [0.1, 0.15) is 13.3 Å². The molecule has 1 fully saturated rings. The van der Waals surface area contributed by atoms with E-state index in [2.05, 4.69) is 25.7 Å². The molecule has 5 unspecified atom stereocenters. The van der Waals surface area contributed by atoms with Crippen molar-refractivity contribution in [1.82, 2.24) is 26.2 Å². The minimum absolute atomic E-state index is 0.0938. The summed E-state index contributed by atoms with van der Waals surface area (Å²) in [4.78, 5) is 22.0. The van der Waals surface area contributed by atoms with Gasteiger partial charge < -0.3 is 51.3 Å². The van der Waals surface area contributed by atoms with Crippen LogP contribution < -0.4 is 21.3 Å². The summed E-state index contributed by atoms with van der Waals surface area (Å²) in [7, 11) is 1.33. The first kappa shape index (κ1) is 25.1. The molecule has 11 N–H and O–H groups in total. The number of nitriles is 1. The van der Waals surface area contributed by atoms with Crippen molar-refractivity contribution in [2.75, 3.05) is 13.7 Å². The first-order valence-corrected chi connectivity index (χ1v) is 9.71. The monoisotopic (exact) mass is 474 g/mol. The van der Waals surface area contributed by atoms with Gasteiger partial charge in [-0.15, -0.1) is 0 Å². The van der Waals surface area contributed by atoms with Gasteiger partial charge in [0.05, 0.1) is 0 Å². The number of hydrogen-bond acceptors (Lipinski definition) is 14. The van der Waals surface area contributed by atoms with E-state index in [1.807, 2.05) is 0 Å². The molecule has 16 heteroatoms. The summed E-state index contributed by atoms with van der Waals surface area (Å²) in [6.45, 7) is 0.383. The fourth-order valence-corrected chi connectivity index (χ4v) is 3.91. The summed E-state index contributed by atoms with van der Waals surface area (Å²) >= 11 is 0. The molecule has 0 aliphatic carbocycles. The molecular formula is C17H26N6O10. The Bertz CT molecular complexity index is 903. The molecule has 0 bridgehead atoms. The van der Waals surface area contributed by atoms with E-state index < -0.39 is 60.6 Å².